The second kappa shape index (κ2) is 7.04. The summed E-state index contributed by atoms with van der Waals surface area (Å²) >= 11 is 1.41. The second-order valence-corrected chi connectivity index (χ2v) is 6.56. The molecule has 1 N–H and O–H groups in total. The molecule has 5 nitrogen and oxygen atoms in total. The van der Waals surface area contributed by atoms with Crippen LogP contribution < -0.4 is 5.32 Å². The zero-order valence-electron chi connectivity index (χ0n) is 13.0. The van der Waals surface area contributed by atoms with Crippen LogP contribution in [0.4, 0.5) is 9.18 Å². The number of hydrogen-bond acceptors (Lipinski definition) is 4. The molecule has 0 spiro atoms. The maximum atomic E-state index is 13.9. The molecule has 0 saturated carbocycles. The third-order valence-corrected chi connectivity index (χ3v) is 5.05. The number of likely N-dealkylation sites (tertiary alicyclic amines) is 1. The minimum atomic E-state index is -0.289. The standard InChI is InChI=1S/C16H19FN4OS/c1-2-18-16(22)21-9-5-6-11(10-21)14-19-20-15(23-14)12-7-3-4-8-13(12)17/h3-4,7-8,11H,2,5-6,9-10H2,1H3,(H,18,22)/t11-/m1/s1. The van der Waals surface area contributed by atoms with Crippen LogP contribution in [-0.4, -0.2) is 40.8 Å². The van der Waals surface area contributed by atoms with Gasteiger partial charge in [-0.25, -0.2) is 9.18 Å². The fourth-order valence-electron chi connectivity index (χ4n) is 2.77. The first-order chi connectivity index (χ1) is 11.2. The highest BCUT2D eigenvalue weighted by Gasteiger charge is 2.27. The van der Waals surface area contributed by atoms with E-state index in [1.165, 1.54) is 17.4 Å². The van der Waals surface area contributed by atoms with Crippen molar-refractivity contribution in [1.29, 1.82) is 0 Å². The van der Waals surface area contributed by atoms with E-state index in [4.69, 9.17) is 0 Å². The molecule has 122 valence electrons. The predicted molar refractivity (Wildman–Crippen MR) is 87.9 cm³/mol. The molecular formula is C16H19FN4OS. The van der Waals surface area contributed by atoms with E-state index in [1.807, 2.05) is 11.8 Å². The van der Waals surface area contributed by atoms with Crippen LogP contribution in [0.25, 0.3) is 10.6 Å². The van der Waals surface area contributed by atoms with Crippen LogP contribution in [0.3, 0.4) is 0 Å². The van der Waals surface area contributed by atoms with Crippen molar-refractivity contribution in [2.75, 3.05) is 19.6 Å². The van der Waals surface area contributed by atoms with Crippen LogP contribution in [-0.2, 0) is 0 Å². The van der Waals surface area contributed by atoms with E-state index in [1.54, 1.807) is 18.2 Å². The Kier molecular flexibility index (Phi) is 4.85. The second-order valence-electron chi connectivity index (χ2n) is 5.55. The number of nitrogens with one attached hydrogen (secondary N) is 1. The molecule has 1 saturated heterocycles. The number of benzene rings is 1. The van der Waals surface area contributed by atoms with Gasteiger partial charge in [0.2, 0.25) is 0 Å². The Hall–Kier alpha value is -2.02. The highest BCUT2D eigenvalue weighted by molar-refractivity contribution is 7.14. The molecule has 1 aromatic heterocycles. The van der Waals surface area contributed by atoms with Gasteiger partial charge in [0.15, 0.2) is 5.01 Å². The molecule has 0 unspecified atom stereocenters. The number of carbonyl (C=O) groups is 1. The Morgan fingerprint density at radius 3 is 3.04 bits per heavy atom. The molecule has 3 rings (SSSR count). The summed E-state index contributed by atoms with van der Waals surface area (Å²) in [5.41, 5.74) is 0.479. The van der Waals surface area contributed by atoms with E-state index in [0.717, 1.165) is 24.4 Å². The smallest absolute Gasteiger partial charge is 0.317 e. The Labute approximate surface area is 138 Å². The maximum absolute atomic E-state index is 13.9. The number of amides is 2. The quantitative estimate of drug-likeness (QED) is 0.937. The van der Waals surface area contributed by atoms with Crippen LogP contribution in [0.1, 0.15) is 30.7 Å². The number of aromatic nitrogens is 2. The Morgan fingerprint density at radius 2 is 2.26 bits per heavy atom. The molecule has 0 bridgehead atoms. The largest absolute Gasteiger partial charge is 0.338 e. The van der Waals surface area contributed by atoms with Crippen molar-refractivity contribution in [3.05, 3.63) is 35.1 Å². The molecule has 1 aliphatic heterocycles. The third kappa shape index (κ3) is 3.50. The summed E-state index contributed by atoms with van der Waals surface area (Å²) in [6, 6.07) is 6.55. The molecule has 1 fully saturated rings. The molecule has 2 amide bonds. The molecule has 1 aliphatic rings. The van der Waals surface area contributed by atoms with E-state index in [0.29, 0.717) is 23.7 Å². The molecule has 2 aromatic rings. The number of piperidine rings is 1. The topological polar surface area (TPSA) is 58.1 Å². The van der Waals surface area contributed by atoms with Gasteiger partial charge in [0.1, 0.15) is 10.8 Å². The Bertz CT molecular complexity index is 690. The van der Waals surface area contributed by atoms with E-state index in [2.05, 4.69) is 15.5 Å². The normalized spacial score (nSPS) is 18.0. The first-order valence-electron chi connectivity index (χ1n) is 7.80. The van der Waals surface area contributed by atoms with Crippen LogP contribution >= 0.6 is 11.3 Å². The minimum Gasteiger partial charge on any atom is -0.338 e. The van der Waals surface area contributed by atoms with Crippen molar-refractivity contribution >= 4 is 17.4 Å². The minimum absolute atomic E-state index is 0.0314. The van der Waals surface area contributed by atoms with Crippen LogP contribution in [0.15, 0.2) is 24.3 Å². The molecule has 1 atom stereocenters. The zero-order chi connectivity index (χ0) is 16.2. The van der Waals surface area contributed by atoms with Gasteiger partial charge in [0.05, 0.1) is 0 Å². The van der Waals surface area contributed by atoms with Gasteiger partial charge in [-0.05, 0) is 31.9 Å². The summed E-state index contributed by atoms with van der Waals surface area (Å²) in [4.78, 5) is 13.8. The average molecular weight is 334 g/mol. The highest BCUT2D eigenvalue weighted by atomic mass is 32.1. The first kappa shape index (κ1) is 15.9. The monoisotopic (exact) mass is 334 g/mol. The fraction of sp³-hybridized carbons (Fsp3) is 0.438. The number of hydrogen-bond donors (Lipinski definition) is 1. The third-order valence-electron chi connectivity index (χ3n) is 3.93. The lowest BCUT2D eigenvalue weighted by molar-refractivity contribution is 0.180. The lowest BCUT2D eigenvalue weighted by Gasteiger charge is -2.31. The lowest BCUT2D eigenvalue weighted by atomic mass is 9.99. The van der Waals surface area contributed by atoms with Crippen LogP contribution in [0.5, 0.6) is 0 Å². The highest BCUT2D eigenvalue weighted by Crippen LogP contribution is 2.33. The molecule has 23 heavy (non-hydrogen) atoms. The maximum Gasteiger partial charge on any atom is 0.317 e. The summed E-state index contributed by atoms with van der Waals surface area (Å²) in [5, 5.41) is 12.7. The number of rotatable bonds is 3. The molecule has 7 heteroatoms. The van der Waals surface area contributed by atoms with E-state index in [-0.39, 0.29) is 17.8 Å². The van der Waals surface area contributed by atoms with Crippen LogP contribution in [0.2, 0.25) is 0 Å². The summed E-state index contributed by atoms with van der Waals surface area (Å²) in [6.07, 6.45) is 1.91. The Morgan fingerprint density at radius 1 is 1.43 bits per heavy atom. The number of carbonyl (C=O) groups excluding carboxylic acids is 1. The van der Waals surface area contributed by atoms with Gasteiger partial charge in [0, 0.05) is 31.1 Å². The summed E-state index contributed by atoms with van der Waals surface area (Å²) < 4.78 is 13.9. The Balaban J connectivity index is 1.75. The lowest BCUT2D eigenvalue weighted by Crippen LogP contribution is -2.44. The van der Waals surface area contributed by atoms with Crippen molar-refractivity contribution in [3.8, 4) is 10.6 Å². The molecule has 2 heterocycles. The average Bonchev–Trinajstić information content (AvgIpc) is 3.05. The van der Waals surface area contributed by atoms with Crippen molar-refractivity contribution in [3.63, 3.8) is 0 Å². The van der Waals surface area contributed by atoms with E-state index in [9.17, 15) is 9.18 Å². The fourth-order valence-corrected chi connectivity index (χ4v) is 3.77. The molecular weight excluding hydrogens is 315 g/mol. The van der Waals surface area contributed by atoms with Gasteiger partial charge in [0.25, 0.3) is 0 Å². The first-order valence-corrected chi connectivity index (χ1v) is 8.61. The van der Waals surface area contributed by atoms with Crippen molar-refractivity contribution in [2.45, 2.75) is 25.7 Å². The van der Waals surface area contributed by atoms with Gasteiger partial charge in [-0.3, -0.25) is 0 Å². The molecule has 1 aromatic carbocycles. The molecule has 0 radical (unpaired) electrons. The van der Waals surface area contributed by atoms with Gasteiger partial charge >= 0.3 is 6.03 Å². The zero-order valence-corrected chi connectivity index (χ0v) is 13.8. The number of urea groups is 1. The SMILES string of the molecule is CCNC(=O)N1CCC[C@@H](c2nnc(-c3ccccc3F)s2)C1. The van der Waals surface area contributed by atoms with Gasteiger partial charge in [-0.1, -0.05) is 23.5 Å². The van der Waals surface area contributed by atoms with Crippen molar-refractivity contribution in [2.24, 2.45) is 0 Å². The van der Waals surface area contributed by atoms with Crippen molar-refractivity contribution < 1.29 is 9.18 Å². The summed E-state index contributed by atoms with van der Waals surface area (Å²) in [5.74, 6) is -0.118. The van der Waals surface area contributed by atoms with Crippen LogP contribution in [0, 0.1) is 5.82 Å². The summed E-state index contributed by atoms with van der Waals surface area (Å²) in [7, 11) is 0. The number of nitrogens with zero attached hydrogens (tertiary/aromatic N) is 3. The van der Waals surface area contributed by atoms with E-state index < -0.39 is 0 Å². The predicted octanol–water partition coefficient (Wildman–Crippen LogP) is 3.25. The van der Waals surface area contributed by atoms with Crippen molar-refractivity contribution in [1.82, 2.24) is 20.4 Å². The van der Waals surface area contributed by atoms with Gasteiger partial charge in [-0.2, -0.15) is 0 Å². The summed E-state index contributed by atoms with van der Waals surface area (Å²) in [6.45, 7) is 3.93. The van der Waals surface area contributed by atoms with Gasteiger partial charge < -0.3 is 10.2 Å². The van der Waals surface area contributed by atoms with Gasteiger partial charge in [-0.15, -0.1) is 10.2 Å². The van der Waals surface area contributed by atoms with E-state index >= 15 is 0 Å². The molecule has 0 aliphatic carbocycles. The number of halogens is 1.